The molecule has 1 aromatic carbocycles. The summed E-state index contributed by atoms with van der Waals surface area (Å²) < 4.78 is 7.12. The first kappa shape index (κ1) is 20.0. The van der Waals surface area contributed by atoms with E-state index in [1.54, 1.807) is 4.57 Å². The van der Waals surface area contributed by atoms with E-state index in [2.05, 4.69) is 28.8 Å². The summed E-state index contributed by atoms with van der Waals surface area (Å²) in [6, 6.07) is 8.28. The number of hydrogen-bond donors (Lipinski definition) is 2. The minimum Gasteiger partial charge on any atom is -0.463 e. The molecule has 0 bridgehead atoms. The molecule has 0 saturated carbocycles. The summed E-state index contributed by atoms with van der Waals surface area (Å²) in [4.78, 5) is 24.7. The van der Waals surface area contributed by atoms with Crippen LogP contribution in [0.5, 0.6) is 6.01 Å². The number of aromatic amines is 1. The lowest BCUT2D eigenvalue weighted by atomic mass is 10.1. The largest absolute Gasteiger partial charge is 0.463 e. The van der Waals surface area contributed by atoms with Crippen molar-refractivity contribution in [2.24, 2.45) is 0 Å². The van der Waals surface area contributed by atoms with Crippen LogP contribution in [0.25, 0.3) is 11.2 Å². The smallest absolute Gasteiger partial charge is 0.328 e. The molecule has 28 heavy (non-hydrogen) atoms. The summed E-state index contributed by atoms with van der Waals surface area (Å²) in [5.74, 6) is 0.204. The predicted molar refractivity (Wildman–Crippen MR) is 115 cm³/mol. The molecule has 148 valence electrons. The van der Waals surface area contributed by atoms with E-state index in [0.717, 1.165) is 36.1 Å². The highest BCUT2D eigenvalue weighted by atomic mass is 32.1. The van der Waals surface area contributed by atoms with Crippen LogP contribution in [0.2, 0.25) is 0 Å². The summed E-state index contributed by atoms with van der Waals surface area (Å²) in [5.41, 5.74) is 8.74. The number of ether oxygens (including phenoxy) is 1. The molecule has 0 unspecified atom stereocenters. The number of rotatable bonds is 9. The van der Waals surface area contributed by atoms with Crippen LogP contribution in [0.1, 0.15) is 44.2 Å². The zero-order chi connectivity index (χ0) is 20.1. The van der Waals surface area contributed by atoms with Crippen molar-refractivity contribution >= 4 is 34.1 Å². The molecule has 8 heteroatoms. The first-order valence-electron chi connectivity index (χ1n) is 9.50. The fourth-order valence-electron chi connectivity index (χ4n) is 2.85. The lowest BCUT2D eigenvalue weighted by Crippen LogP contribution is -2.18. The molecule has 3 aromatic rings. The van der Waals surface area contributed by atoms with Gasteiger partial charge in [-0.05, 0) is 28.8 Å². The number of nitrogens with one attached hydrogen (secondary N) is 1. The lowest BCUT2D eigenvalue weighted by Gasteiger charge is -2.08. The van der Waals surface area contributed by atoms with Gasteiger partial charge in [0.15, 0.2) is 11.5 Å². The zero-order valence-electron chi connectivity index (χ0n) is 16.2. The molecule has 0 amide bonds. The number of benzene rings is 1. The van der Waals surface area contributed by atoms with Crippen LogP contribution in [-0.2, 0) is 13.0 Å². The Bertz CT molecular complexity index is 1020. The van der Waals surface area contributed by atoms with Crippen LogP contribution in [0, 0.1) is 0 Å². The number of unbranched alkanes of at least 4 members (excludes halogenated alkanes) is 1. The van der Waals surface area contributed by atoms with Crippen molar-refractivity contribution in [1.29, 1.82) is 0 Å². The molecule has 2 aromatic heterocycles. The zero-order valence-corrected chi connectivity index (χ0v) is 17.0. The van der Waals surface area contributed by atoms with Gasteiger partial charge in [-0.2, -0.15) is 9.97 Å². The molecule has 0 atom stereocenters. The maximum absolute atomic E-state index is 12.4. The molecule has 3 rings (SSSR count). The van der Waals surface area contributed by atoms with Gasteiger partial charge in [0.2, 0.25) is 0 Å². The van der Waals surface area contributed by atoms with Gasteiger partial charge in [0.05, 0.1) is 13.2 Å². The second-order valence-electron chi connectivity index (χ2n) is 6.69. The summed E-state index contributed by atoms with van der Waals surface area (Å²) in [5, 5.41) is 0. The quantitative estimate of drug-likeness (QED) is 0.423. The molecule has 0 aliphatic carbocycles. The number of nitrogens with two attached hydrogens (primary N) is 1. The Balaban J connectivity index is 1.86. The molecule has 3 N–H and O–H groups in total. The Labute approximate surface area is 169 Å². The highest BCUT2D eigenvalue weighted by molar-refractivity contribution is 7.80. The van der Waals surface area contributed by atoms with Crippen molar-refractivity contribution < 1.29 is 4.74 Å². The van der Waals surface area contributed by atoms with Crippen LogP contribution in [0.3, 0.4) is 0 Å². The summed E-state index contributed by atoms with van der Waals surface area (Å²) in [7, 11) is 0. The van der Waals surface area contributed by atoms with Crippen LogP contribution < -0.4 is 16.2 Å². The minimum atomic E-state index is -0.280. The van der Waals surface area contributed by atoms with Crippen molar-refractivity contribution in [2.45, 2.75) is 46.1 Å². The van der Waals surface area contributed by atoms with Gasteiger partial charge in [0, 0.05) is 6.42 Å². The van der Waals surface area contributed by atoms with Gasteiger partial charge in [-0.15, -0.1) is 0 Å². The van der Waals surface area contributed by atoms with Gasteiger partial charge >= 0.3 is 11.7 Å². The van der Waals surface area contributed by atoms with E-state index >= 15 is 0 Å². The van der Waals surface area contributed by atoms with Crippen molar-refractivity contribution in [3.05, 3.63) is 45.9 Å². The number of H-pyrrole nitrogens is 1. The first-order valence-corrected chi connectivity index (χ1v) is 9.91. The molecule has 0 fully saturated rings. The number of nitrogens with zero attached hydrogens (tertiary/aromatic N) is 3. The average molecular weight is 400 g/mol. The van der Waals surface area contributed by atoms with Crippen LogP contribution in [0.15, 0.2) is 29.1 Å². The van der Waals surface area contributed by atoms with Crippen LogP contribution in [-0.4, -0.2) is 31.0 Å². The average Bonchev–Trinajstić information content (AvgIpc) is 3.00. The molecule has 0 spiro atoms. The van der Waals surface area contributed by atoms with Gasteiger partial charge in [0.25, 0.3) is 0 Å². The van der Waals surface area contributed by atoms with E-state index in [0.29, 0.717) is 24.3 Å². The van der Waals surface area contributed by atoms with Gasteiger partial charge in [0.1, 0.15) is 5.52 Å². The standard InChI is InChI=1S/C20H25N5O2S/c1-3-5-10-27-19-23-17(21)16-18(24-19)25(20(26)22-16)12-14-8-6-13(7-9-14)11-15(28)4-2/h6-9H,3-5,10-12H2,1-2H3,(H,22,26)(H2,21,23,24). The highest BCUT2D eigenvalue weighted by Crippen LogP contribution is 2.19. The van der Waals surface area contributed by atoms with E-state index in [1.165, 1.54) is 5.56 Å². The summed E-state index contributed by atoms with van der Waals surface area (Å²) in [6.07, 6.45) is 3.59. The second kappa shape index (κ2) is 8.97. The number of hydrogen-bond acceptors (Lipinski definition) is 6. The Hall–Kier alpha value is -2.74. The highest BCUT2D eigenvalue weighted by Gasteiger charge is 2.15. The van der Waals surface area contributed by atoms with Gasteiger partial charge in [-0.3, -0.25) is 4.57 Å². The number of aromatic nitrogens is 4. The normalized spacial score (nSPS) is 11.1. The van der Waals surface area contributed by atoms with Crippen molar-refractivity contribution in [2.75, 3.05) is 12.3 Å². The molecular weight excluding hydrogens is 374 g/mol. The maximum Gasteiger partial charge on any atom is 0.328 e. The van der Waals surface area contributed by atoms with E-state index in [1.807, 2.05) is 24.3 Å². The summed E-state index contributed by atoms with van der Waals surface area (Å²) >= 11 is 5.31. The first-order chi connectivity index (χ1) is 13.5. The number of anilines is 1. The molecule has 2 heterocycles. The second-order valence-corrected chi connectivity index (χ2v) is 7.27. The van der Waals surface area contributed by atoms with Crippen LogP contribution >= 0.6 is 12.2 Å². The number of fused-ring (bicyclic) bond motifs is 1. The van der Waals surface area contributed by atoms with Crippen molar-refractivity contribution in [3.63, 3.8) is 0 Å². The van der Waals surface area contributed by atoms with Crippen molar-refractivity contribution in [1.82, 2.24) is 19.5 Å². The Morgan fingerprint density at radius 1 is 1.21 bits per heavy atom. The minimum absolute atomic E-state index is 0.189. The Kier molecular flexibility index (Phi) is 6.41. The van der Waals surface area contributed by atoms with Crippen molar-refractivity contribution in [3.8, 4) is 6.01 Å². The molecule has 0 aliphatic rings. The fourth-order valence-corrected chi connectivity index (χ4v) is 3.01. The molecule has 0 saturated heterocycles. The van der Waals surface area contributed by atoms with E-state index in [4.69, 9.17) is 22.7 Å². The lowest BCUT2D eigenvalue weighted by molar-refractivity contribution is 0.286. The number of nitrogen functional groups attached to an aromatic ring is 1. The topological polar surface area (TPSA) is 98.8 Å². The van der Waals surface area contributed by atoms with Gasteiger partial charge < -0.3 is 15.5 Å². The predicted octanol–water partition coefficient (Wildman–Crippen LogP) is 3.25. The third-order valence-electron chi connectivity index (χ3n) is 4.52. The van der Waals surface area contributed by atoms with Crippen LogP contribution in [0.4, 0.5) is 5.82 Å². The molecule has 0 radical (unpaired) electrons. The maximum atomic E-state index is 12.4. The van der Waals surface area contributed by atoms with Gasteiger partial charge in [-0.1, -0.05) is 56.8 Å². The van der Waals surface area contributed by atoms with E-state index in [9.17, 15) is 4.79 Å². The Morgan fingerprint density at radius 3 is 2.61 bits per heavy atom. The van der Waals surface area contributed by atoms with E-state index < -0.39 is 0 Å². The summed E-state index contributed by atoms with van der Waals surface area (Å²) in [6.45, 7) is 5.03. The monoisotopic (exact) mass is 399 g/mol. The Morgan fingerprint density at radius 2 is 1.93 bits per heavy atom. The SMILES string of the molecule is CCCCOc1nc(N)c2[nH]c(=O)n(Cc3ccc(CC(=S)CC)cc3)c2n1. The molecular formula is C20H25N5O2S. The molecule has 7 nitrogen and oxygen atoms in total. The third kappa shape index (κ3) is 4.56. The number of imidazole rings is 1. The fraction of sp³-hybridized carbons (Fsp3) is 0.400. The molecule has 0 aliphatic heterocycles. The number of thiocarbonyl (C=S) groups is 1. The third-order valence-corrected chi connectivity index (χ3v) is 4.95. The van der Waals surface area contributed by atoms with Gasteiger partial charge in [-0.25, -0.2) is 4.79 Å². The van der Waals surface area contributed by atoms with E-state index in [-0.39, 0.29) is 17.5 Å².